The van der Waals surface area contributed by atoms with Crippen molar-refractivity contribution < 1.29 is 14.3 Å². The molecule has 1 aromatic carbocycles. The lowest BCUT2D eigenvalue weighted by Gasteiger charge is -2.17. The van der Waals surface area contributed by atoms with E-state index in [0.717, 1.165) is 19.3 Å². The van der Waals surface area contributed by atoms with Gasteiger partial charge in [-0.05, 0) is 31.4 Å². The van der Waals surface area contributed by atoms with E-state index in [1.165, 1.54) is 51.4 Å². The van der Waals surface area contributed by atoms with Crippen LogP contribution in [0.5, 0.6) is 5.75 Å². The Morgan fingerprint density at radius 2 is 1.52 bits per heavy atom. The zero-order valence-corrected chi connectivity index (χ0v) is 16.4. The van der Waals surface area contributed by atoms with Gasteiger partial charge in [0.25, 0.3) is 0 Å². The molecule has 0 radical (unpaired) electrons. The van der Waals surface area contributed by atoms with Crippen LogP contribution in [0, 0.1) is 0 Å². The molecule has 3 heteroatoms. The van der Waals surface area contributed by atoms with Crippen molar-refractivity contribution in [1.29, 1.82) is 0 Å². The van der Waals surface area contributed by atoms with Gasteiger partial charge in [0.1, 0.15) is 17.4 Å². The van der Waals surface area contributed by atoms with Gasteiger partial charge in [-0.1, -0.05) is 77.3 Å². The summed E-state index contributed by atoms with van der Waals surface area (Å²) in [5, 5.41) is 0. The minimum absolute atomic E-state index is 0.00182. The van der Waals surface area contributed by atoms with E-state index in [2.05, 4.69) is 13.8 Å². The van der Waals surface area contributed by atoms with Gasteiger partial charge in [0.05, 0.1) is 7.11 Å². The van der Waals surface area contributed by atoms with Crippen LogP contribution >= 0.6 is 0 Å². The quantitative estimate of drug-likeness (QED) is 0.282. The number of carbonyl (C=O) groups is 1. The van der Waals surface area contributed by atoms with Crippen LogP contribution in [0.2, 0.25) is 0 Å². The summed E-state index contributed by atoms with van der Waals surface area (Å²) in [7, 11) is 1.58. The molecule has 0 aliphatic rings. The summed E-state index contributed by atoms with van der Waals surface area (Å²) in [6.07, 6.45) is 13.6. The van der Waals surface area contributed by atoms with Crippen LogP contribution in [0.15, 0.2) is 24.3 Å². The van der Waals surface area contributed by atoms with E-state index in [1.807, 2.05) is 12.1 Å². The van der Waals surface area contributed by atoms with Gasteiger partial charge in [0.15, 0.2) is 0 Å². The molecule has 3 nitrogen and oxygen atoms in total. The van der Waals surface area contributed by atoms with E-state index < -0.39 is 0 Å². The molecular formula is C22H36O3. The SMILES string of the molecule is CCCCCCCCCCCC(CC)OC(=O)c1ccccc1OC. The number of rotatable bonds is 14. The van der Waals surface area contributed by atoms with Crippen molar-refractivity contribution in [2.75, 3.05) is 7.11 Å². The molecule has 0 bridgehead atoms. The molecule has 0 N–H and O–H groups in total. The van der Waals surface area contributed by atoms with Crippen molar-refractivity contribution in [3.63, 3.8) is 0 Å². The van der Waals surface area contributed by atoms with Gasteiger partial charge >= 0.3 is 5.97 Å². The van der Waals surface area contributed by atoms with E-state index in [4.69, 9.17) is 9.47 Å². The number of methoxy groups -OCH3 is 1. The smallest absolute Gasteiger partial charge is 0.342 e. The van der Waals surface area contributed by atoms with Gasteiger partial charge in [-0.15, -0.1) is 0 Å². The second-order valence-corrected chi connectivity index (χ2v) is 6.75. The first-order chi connectivity index (χ1) is 12.2. The molecular weight excluding hydrogens is 312 g/mol. The largest absolute Gasteiger partial charge is 0.496 e. The van der Waals surface area contributed by atoms with Crippen molar-refractivity contribution in [3.05, 3.63) is 29.8 Å². The van der Waals surface area contributed by atoms with Crippen molar-refractivity contribution in [2.24, 2.45) is 0 Å². The van der Waals surface area contributed by atoms with Gasteiger partial charge in [-0.3, -0.25) is 0 Å². The summed E-state index contributed by atoms with van der Waals surface area (Å²) < 4.78 is 10.9. The molecule has 0 spiro atoms. The average Bonchev–Trinajstić information content (AvgIpc) is 2.65. The molecule has 1 unspecified atom stereocenters. The Hall–Kier alpha value is -1.51. The van der Waals surface area contributed by atoms with E-state index in [0.29, 0.717) is 11.3 Å². The summed E-state index contributed by atoms with van der Waals surface area (Å²) in [4.78, 5) is 12.4. The Bertz CT molecular complexity index is 470. The fourth-order valence-corrected chi connectivity index (χ4v) is 3.06. The number of hydrogen-bond donors (Lipinski definition) is 0. The standard InChI is InChI=1S/C22H36O3/c1-4-6-7-8-9-10-11-12-13-16-19(5-2)25-22(23)20-17-14-15-18-21(20)24-3/h14-15,17-19H,4-13,16H2,1-3H3. The molecule has 0 fully saturated rings. The molecule has 0 saturated heterocycles. The summed E-state index contributed by atoms with van der Waals surface area (Å²) in [6, 6.07) is 7.24. The first kappa shape index (κ1) is 21.5. The molecule has 0 amide bonds. The summed E-state index contributed by atoms with van der Waals surface area (Å²) >= 11 is 0. The number of benzene rings is 1. The maximum atomic E-state index is 12.4. The highest BCUT2D eigenvalue weighted by molar-refractivity contribution is 5.92. The summed E-state index contributed by atoms with van der Waals surface area (Å²) in [5.41, 5.74) is 0.510. The number of esters is 1. The van der Waals surface area contributed by atoms with Gasteiger partial charge < -0.3 is 9.47 Å². The highest BCUT2D eigenvalue weighted by Crippen LogP contribution is 2.21. The molecule has 0 aromatic heterocycles. The van der Waals surface area contributed by atoms with Crippen LogP contribution in [0.4, 0.5) is 0 Å². The number of carbonyl (C=O) groups excluding carboxylic acids is 1. The maximum absolute atomic E-state index is 12.4. The summed E-state index contributed by atoms with van der Waals surface area (Å²) in [6.45, 7) is 4.33. The predicted molar refractivity (Wildman–Crippen MR) is 104 cm³/mol. The Morgan fingerprint density at radius 3 is 2.12 bits per heavy atom. The fourth-order valence-electron chi connectivity index (χ4n) is 3.06. The highest BCUT2D eigenvalue weighted by Gasteiger charge is 2.17. The number of hydrogen-bond acceptors (Lipinski definition) is 3. The first-order valence-electron chi connectivity index (χ1n) is 10.1. The van der Waals surface area contributed by atoms with E-state index in [9.17, 15) is 4.79 Å². The van der Waals surface area contributed by atoms with E-state index in [-0.39, 0.29) is 12.1 Å². The normalized spacial score (nSPS) is 12.0. The monoisotopic (exact) mass is 348 g/mol. The minimum atomic E-state index is -0.278. The van der Waals surface area contributed by atoms with Crippen LogP contribution in [0.3, 0.4) is 0 Å². The molecule has 0 saturated carbocycles. The van der Waals surface area contributed by atoms with Crippen LogP contribution in [-0.2, 0) is 4.74 Å². The Kier molecular flexibility index (Phi) is 11.8. The van der Waals surface area contributed by atoms with E-state index >= 15 is 0 Å². The second kappa shape index (κ2) is 13.7. The third-order valence-electron chi connectivity index (χ3n) is 4.69. The lowest BCUT2D eigenvalue weighted by Crippen LogP contribution is -2.18. The molecule has 1 aromatic rings. The lowest BCUT2D eigenvalue weighted by atomic mass is 10.0. The van der Waals surface area contributed by atoms with Gasteiger partial charge in [0, 0.05) is 0 Å². The van der Waals surface area contributed by atoms with Crippen molar-refractivity contribution in [2.45, 2.75) is 90.6 Å². The summed E-state index contributed by atoms with van der Waals surface area (Å²) in [5.74, 6) is 0.297. The third kappa shape index (κ3) is 8.94. The highest BCUT2D eigenvalue weighted by atomic mass is 16.5. The predicted octanol–water partition coefficient (Wildman–Crippen LogP) is 6.55. The molecule has 25 heavy (non-hydrogen) atoms. The Labute approximate surface area is 154 Å². The van der Waals surface area contributed by atoms with Crippen LogP contribution < -0.4 is 4.74 Å². The molecule has 0 aliphatic heterocycles. The fraction of sp³-hybridized carbons (Fsp3) is 0.682. The van der Waals surface area contributed by atoms with Crippen molar-refractivity contribution in [1.82, 2.24) is 0 Å². The van der Waals surface area contributed by atoms with Gasteiger partial charge in [-0.2, -0.15) is 0 Å². The average molecular weight is 349 g/mol. The van der Waals surface area contributed by atoms with E-state index in [1.54, 1.807) is 19.2 Å². The van der Waals surface area contributed by atoms with Crippen molar-refractivity contribution in [3.8, 4) is 5.75 Å². The van der Waals surface area contributed by atoms with Crippen LogP contribution in [-0.4, -0.2) is 19.2 Å². The Morgan fingerprint density at radius 1 is 0.920 bits per heavy atom. The van der Waals surface area contributed by atoms with Crippen LogP contribution in [0.25, 0.3) is 0 Å². The number of para-hydroxylation sites is 1. The maximum Gasteiger partial charge on any atom is 0.342 e. The van der Waals surface area contributed by atoms with Gasteiger partial charge in [-0.25, -0.2) is 4.79 Å². The number of ether oxygens (including phenoxy) is 2. The molecule has 0 heterocycles. The zero-order valence-electron chi connectivity index (χ0n) is 16.4. The van der Waals surface area contributed by atoms with Gasteiger partial charge in [0.2, 0.25) is 0 Å². The van der Waals surface area contributed by atoms with Crippen molar-refractivity contribution >= 4 is 5.97 Å². The van der Waals surface area contributed by atoms with Crippen LogP contribution in [0.1, 0.15) is 94.8 Å². The molecule has 142 valence electrons. The minimum Gasteiger partial charge on any atom is -0.496 e. The Balaban J connectivity index is 2.22. The number of unbranched alkanes of at least 4 members (excludes halogenated alkanes) is 8. The topological polar surface area (TPSA) is 35.5 Å². The first-order valence-corrected chi connectivity index (χ1v) is 10.1. The third-order valence-corrected chi connectivity index (χ3v) is 4.69. The zero-order chi connectivity index (χ0) is 18.3. The molecule has 0 aliphatic carbocycles. The lowest BCUT2D eigenvalue weighted by molar-refractivity contribution is 0.0263. The second-order valence-electron chi connectivity index (χ2n) is 6.75. The molecule has 1 rings (SSSR count). The molecule has 1 atom stereocenters.